The zero-order valence-electron chi connectivity index (χ0n) is 29.7. The van der Waals surface area contributed by atoms with Crippen LogP contribution in [0.2, 0.25) is 10.0 Å². The van der Waals surface area contributed by atoms with E-state index in [-0.39, 0.29) is 24.2 Å². The number of rotatable bonds is 8. The van der Waals surface area contributed by atoms with Gasteiger partial charge in [-0.2, -0.15) is 0 Å². The van der Waals surface area contributed by atoms with Crippen LogP contribution in [0.25, 0.3) is 10.0 Å². The van der Waals surface area contributed by atoms with Crippen molar-refractivity contribution in [1.29, 1.82) is 0 Å². The molecule has 2 atom stereocenters. The van der Waals surface area contributed by atoms with E-state index in [4.69, 9.17) is 33.2 Å². The third kappa shape index (κ3) is 6.23. The molecule has 0 saturated carbocycles. The van der Waals surface area contributed by atoms with E-state index in [0.29, 0.717) is 33.3 Å². The molecule has 0 unspecified atom stereocenters. The molecule has 53 heavy (non-hydrogen) atoms. The highest BCUT2D eigenvalue weighted by Gasteiger charge is 2.35. The number of aryl methyl sites for hydroxylation is 4. The fraction of sp³-hybridized carbons (Fsp3) is 0.263. The predicted molar refractivity (Wildman–Crippen MR) is 212 cm³/mol. The number of aliphatic imine (C=N–C) groups is 2. The fourth-order valence-electron chi connectivity index (χ4n) is 6.94. The van der Waals surface area contributed by atoms with Crippen molar-refractivity contribution in [2.75, 3.05) is 0 Å². The van der Waals surface area contributed by atoms with Crippen molar-refractivity contribution in [1.82, 2.24) is 29.5 Å². The maximum Gasteiger partial charge on any atom is 0.290 e. The number of fused-ring (bicyclic) bond motifs is 6. The zero-order valence-corrected chi connectivity index (χ0v) is 32.9. The van der Waals surface area contributed by atoms with E-state index in [2.05, 4.69) is 48.1 Å². The number of halogens is 2. The highest BCUT2D eigenvalue weighted by Crippen LogP contribution is 2.41. The lowest BCUT2D eigenvalue weighted by Gasteiger charge is -2.14. The molecule has 6 aromatic rings. The summed E-state index contributed by atoms with van der Waals surface area (Å²) in [6.45, 7) is 12.1. The summed E-state index contributed by atoms with van der Waals surface area (Å²) in [6.07, 6.45) is -0.161. The Bertz CT molecular complexity index is 2350. The minimum absolute atomic E-state index is 0.0804. The first-order valence-corrected chi connectivity index (χ1v) is 19.4. The van der Waals surface area contributed by atoms with E-state index >= 15 is 0 Å². The van der Waals surface area contributed by atoms with E-state index in [9.17, 15) is 9.59 Å². The molecule has 8 rings (SSSR count). The summed E-state index contributed by atoms with van der Waals surface area (Å²) in [5.74, 6) is 2.47. The lowest BCUT2D eigenvalue weighted by molar-refractivity contribution is -0.115. The molecule has 0 N–H and O–H groups in total. The standard InChI is InChI=1S/C38H32BCl2N8O2S2/c1-17-19(3)52-37-31(17)33(23-7-11-25(40)12-8-23)42-27(35-46-44-21(5)48(35)37)15-29(50)39-30(51)16-28-36-47-45-22(6)49(36)38-32(18(2)20(4)53-38)34(43-28)24-9-13-26(41)14-10-24/h7-14,27-28H,15-16H2,1-6H3/t27-,28-/m0/s1. The van der Waals surface area contributed by atoms with Gasteiger partial charge in [-0.25, -0.2) is 0 Å². The van der Waals surface area contributed by atoms with Crippen LogP contribution in [-0.4, -0.2) is 59.6 Å². The van der Waals surface area contributed by atoms with Gasteiger partial charge >= 0.3 is 0 Å². The normalized spacial score (nSPS) is 16.1. The summed E-state index contributed by atoms with van der Waals surface area (Å²) in [7, 11) is 1.17. The molecule has 2 aliphatic heterocycles. The molecule has 4 aromatic heterocycles. The number of nitrogens with zero attached hydrogens (tertiary/aromatic N) is 8. The van der Waals surface area contributed by atoms with Gasteiger partial charge in [0.1, 0.15) is 33.7 Å². The zero-order chi connectivity index (χ0) is 37.3. The average molecular weight is 779 g/mol. The molecule has 0 saturated heterocycles. The molecule has 1 radical (unpaired) electrons. The molecule has 0 spiro atoms. The molecule has 6 heterocycles. The minimum atomic E-state index is -0.696. The van der Waals surface area contributed by atoms with Gasteiger partial charge in [0.15, 0.2) is 11.6 Å². The number of carbonyl (C=O) groups is 2. The largest absolute Gasteiger partial charge is 0.311 e. The summed E-state index contributed by atoms with van der Waals surface area (Å²) >= 11 is 15.8. The van der Waals surface area contributed by atoms with E-state index in [1.54, 1.807) is 22.7 Å². The summed E-state index contributed by atoms with van der Waals surface area (Å²) in [5.41, 5.74) is 6.59. The molecule has 2 aromatic carbocycles. The molecule has 0 aliphatic carbocycles. The van der Waals surface area contributed by atoms with Crippen molar-refractivity contribution < 1.29 is 9.59 Å². The lowest BCUT2D eigenvalue weighted by atomic mass is 9.65. The Labute approximate surface area is 324 Å². The van der Waals surface area contributed by atoms with Crippen LogP contribution in [0.15, 0.2) is 58.5 Å². The predicted octanol–water partition coefficient (Wildman–Crippen LogP) is 8.15. The molecular formula is C38H32BCl2N8O2S2. The first kappa shape index (κ1) is 35.5. The number of benzene rings is 2. The smallest absolute Gasteiger partial charge is 0.290 e. The Morgan fingerprint density at radius 1 is 0.623 bits per heavy atom. The molecule has 0 amide bonds. The Morgan fingerprint density at radius 3 is 1.38 bits per heavy atom. The third-order valence-corrected chi connectivity index (χ3v) is 12.7. The van der Waals surface area contributed by atoms with E-state index in [0.717, 1.165) is 64.6 Å². The first-order valence-electron chi connectivity index (χ1n) is 17.0. The number of hydrogen-bond acceptors (Lipinski definition) is 10. The number of hydrogen-bond donors (Lipinski definition) is 0. The van der Waals surface area contributed by atoms with Gasteiger partial charge in [0, 0.05) is 54.9 Å². The summed E-state index contributed by atoms with van der Waals surface area (Å²) in [6, 6.07) is 13.6. The van der Waals surface area contributed by atoms with Crippen LogP contribution in [-0.2, 0) is 9.59 Å². The summed E-state index contributed by atoms with van der Waals surface area (Å²) in [5, 5.41) is 20.9. The van der Waals surface area contributed by atoms with Crippen molar-refractivity contribution in [2.24, 2.45) is 9.98 Å². The molecule has 0 fully saturated rings. The highest BCUT2D eigenvalue weighted by molar-refractivity contribution is 7.15. The maximum absolute atomic E-state index is 13.9. The monoisotopic (exact) mass is 777 g/mol. The molecular weight excluding hydrogens is 746 g/mol. The summed E-state index contributed by atoms with van der Waals surface area (Å²) < 4.78 is 3.98. The quantitative estimate of drug-likeness (QED) is 0.144. The minimum Gasteiger partial charge on any atom is -0.311 e. The second-order valence-electron chi connectivity index (χ2n) is 13.3. The van der Waals surface area contributed by atoms with E-state index in [1.165, 1.54) is 7.28 Å². The Morgan fingerprint density at radius 2 is 1.00 bits per heavy atom. The van der Waals surface area contributed by atoms with Gasteiger partial charge in [-0.3, -0.25) is 19.1 Å². The van der Waals surface area contributed by atoms with Gasteiger partial charge in [-0.1, -0.05) is 47.5 Å². The number of thiophene rings is 2. The van der Waals surface area contributed by atoms with Crippen LogP contribution in [0.4, 0.5) is 0 Å². The Kier molecular flexibility index (Phi) is 9.17. The van der Waals surface area contributed by atoms with Crippen LogP contribution < -0.4 is 0 Å². The SMILES string of the molecule is Cc1sc2c(c1C)C(c1ccc(Cl)cc1)=N[C@@H](CC(=O)[B]C(=O)C[C@@H]1N=C(c3ccc(Cl)cc3)c3c(sc(C)c3C)-n3c(C)nnc31)c1nnc(C)n1-2. The van der Waals surface area contributed by atoms with Crippen molar-refractivity contribution >= 4 is 75.9 Å². The second kappa shape index (κ2) is 13.7. The maximum atomic E-state index is 13.9. The van der Waals surface area contributed by atoms with Gasteiger partial charge < -0.3 is 9.59 Å². The van der Waals surface area contributed by atoms with Gasteiger partial charge in [-0.15, -0.1) is 43.1 Å². The van der Waals surface area contributed by atoms with E-state index < -0.39 is 12.1 Å². The van der Waals surface area contributed by atoms with Gasteiger partial charge in [-0.05, 0) is 76.9 Å². The first-order chi connectivity index (χ1) is 25.4. The second-order valence-corrected chi connectivity index (χ2v) is 16.6. The molecule has 10 nitrogen and oxygen atoms in total. The highest BCUT2D eigenvalue weighted by atomic mass is 35.5. The number of carbonyl (C=O) groups excluding carboxylic acids is 2. The van der Waals surface area contributed by atoms with Crippen LogP contribution in [0, 0.1) is 41.5 Å². The third-order valence-electron chi connectivity index (χ3n) is 9.83. The Balaban J connectivity index is 1.12. The average Bonchev–Trinajstić information content (AvgIpc) is 3.81. The topological polar surface area (TPSA) is 120 Å². The van der Waals surface area contributed by atoms with Crippen molar-refractivity contribution in [2.45, 2.75) is 66.5 Å². The molecule has 15 heteroatoms. The molecule has 0 bridgehead atoms. The summed E-state index contributed by atoms with van der Waals surface area (Å²) in [4.78, 5) is 40.4. The molecule has 265 valence electrons. The van der Waals surface area contributed by atoms with Gasteiger partial charge in [0.2, 0.25) is 0 Å². The van der Waals surface area contributed by atoms with Crippen LogP contribution >= 0.6 is 45.9 Å². The van der Waals surface area contributed by atoms with Crippen LogP contribution in [0.5, 0.6) is 0 Å². The Hall–Kier alpha value is -4.56. The van der Waals surface area contributed by atoms with Gasteiger partial charge in [0.25, 0.3) is 7.28 Å². The van der Waals surface area contributed by atoms with Crippen molar-refractivity contribution in [3.05, 3.63) is 125 Å². The van der Waals surface area contributed by atoms with Crippen LogP contribution in [0.3, 0.4) is 0 Å². The van der Waals surface area contributed by atoms with Crippen molar-refractivity contribution in [3.63, 3.8) is 0 Å². The lowest BCUT2D eigenvalue weighted by Crippen LogP contribution is -2.24. The fourth-order valence-corrected chi connectivity index (χ4v) is 9.62. The number of aromatic nitrogens is 6. The van der Waals surface area contributed by atoms with Gasteiger partial charge in [0.05, 0.1) is 22.8 Å². The van der Waals surface area contributed by atoms with Crippen LogP contribution in [0.1, 0.15) is 91.4 Å². The van der Waals surface area contributed by atoms with E-state index in [1.807, 2.05) is 71.5 Å². The van der Waals surface area contributed by atoms with Crippen molar-refractivity contribution in [3.8, 4) is 10.0 Å². The molecule has 2 aliphatic rings.